The Morgan fingerprint density at radius 3 is 2.00 bits per heavy atom. The van der Waals surface area contributed by atoms with Crippen molar-refractivity contribution in [2.75, 3.05) is 11.9 Å². The molecule has 0 bridgehead atoms. The minimum Gasteiger partial charge on any atom is -0.346 e. The molecule has 0 unspecified atom stereocenters. The van der Waals surface area contributed by atoms with Crippen molar-refractivity contribution in [1.82, 2.24) is 5.32 Å². The van der Waals surface area contributed by atoms with Crippen LogP contribution in [0.4, 0.5) is 5.69 Å². The van der Waals surface area contributed by atoms with Crippen LogP contribution in [0.5, 0.6) is 0 Å². The molecule has 0 aromatic heterocycles. The molecule has 3 aromatic rings. The summed E-state index contributed by atoms with van der Waals surface area (Å²) in [4.78, 5) is 25.2. The van der Waals surface area contributed by atoms with E-state index in [0.29, 0.717) is 0 Å². The molecule has 0 saturated heterocycles. The molecular formula is C23H21BrN2O2. The summed E-state index contributed by atoms with van der Waals surface area (Å²) in [5.74, 6) is -0.941. The Bertz CT molecular complexity index is 919. The van der Waals surface area contributed by atoms with Gasteiger partial charge in [-0.15, -0.1) is 0 Å². The Hall–Kier alpha value is -2.92. The minimum atomic E-state index is -0.468. The molecule has 4 nitrogen and oxygen atoms in total. The first kappa shape index (κ1) is 19.8. The van der Waals surface area contributed by atoms with Gasteiger partial charge in [0.05, 0.1) is 12.5 Å². The van der Waals surface area contributed by atoms with Crippen molar-refractivity contribution >= 4 is 33.4 Å². The van der Waals surface area contributed by atoms with Gasteiger partial charge in [0.1, 0.15) is 0 Å². The lowest BCUT2D eigenvalue weighted by atomic mass is 9.90. The summed E-state index contributed by atoms with van der Waals surface area (Å²) >= 11 is 3.40. The fraction of sp³-hybridized carbons (Fsp3) is 0.130. The molecule has 0 aliphatic heterocycles. The quantitative estimate of drug-likeness (QED) is 0.590. The van der Waals surface area contributed by atoms with Gasteiger partial charge in [-0.2, -0.15) is 0 Å². The number of anilines is 1. The predicted molar refractivity (Wildman–Crippen MR) is 115 cm³/mol. The lowest BCUT2D eigenvalue weighted by molar-refractivity contribution is -0.124. The summed E-state index contributed by atoms with van der Waals surface area (Å²) in [6, 6.07) is 24.7. The fourth-order valence-corrected chi connectivity index (χ4v) is 3.49. The van der Waals surface area contributed by atoms with E-state index in [1.54, 1.807) is 0 Å². The summed E-state index contributed by atoms with van der Waals surface area (Å²) < 4.78 is 0.949. The molecule has 0 spiro atoms. The van der Waals surface area contributed by atoms with Crippen molar-refractivity contribution in [2.24, 2.45) is 0 Å². The van der Waals surface area contributed by atoms with Crippen molar-refractivity contribution in [3.8, 4) is 0 Å². The fourth-order valence-electron chi connectivity index (χ4n) is 3.02. The number of aryl methyl sites for hydroxylation is 1. The third-order valence-corrected chi connectivity index (χ3v) is 4.91. The van der Waals surface area contributed by atoms with Gasteiger partial charge < -0.3 is 10.6 Å². The highest BCUT2D eigenvalue weighted by Crippen LogP contribution is 2.24. The Balaban J connectivity index is 1.69. The van der Waals surface area contributed by atoms with E-state index >= 15 is 0 Å². The van der Waals surface area contributed by atoms with Gasteiger partial charge in [-0.1, -0.05) is 76.6 Å². The number of hydrogen-bond acceptors (Lipinski definition) is 2. The second-order valence-electron chi connectivity index (χ2n) is 6.48. The Labute approximate surface area is 173 Å². The van der Waals surface area contributed by atoms with Crippen LogP contribution in [-0.4, -0.2) is 18.4 Å². The number of carbonyl (C=O) groups is 2. The normalized spacial score (nSPS) is 10.5. The van der Waals surface area contributed by atoms with Crippen LogP contribution in [0, 0.1) is 6.92 Å². The molecule has 3 rings (SSSR count). The topological polar surface area (TPSA) is 58.2 Å². The zero-order valence-electron chi connectivity index (χ0n) is 15.5. The highest BCUT2D eigenvalue weighted by Gasteiger charge is 2.22. The average molecular weight is 437 g/mol. The smallest absolute Gasteiger partial charge is 0.243 e. The maximum absolute atomic E-state index is 12.9. The predicted octanol–water partition coefficient (Wildman–Crippen LogP) is 4.64. The van der Waals surface area contributed by atoms with Crippen LogP contribution in [0.1, 0.15) is 22.6 Å². The van der Waals surface area contributed by atoms with E-state index in [-0.39, 0.29) is 18.4 Å². The molecule has 0 fully saturated rings. The molecule has 2 amide bonds. The van der Waals surface area contributed by atoms with Crippen LogP contribution in [0.2, 0.25) is 0 Å². The van der Waals surface area contributed by atoms with Gasteiger partial charge in [0.25, 0.3) is 0 Å². The summed E-state index contributed by atoms with van der Waals surface area (Å²) in [6.07, 6.45) is 0. The van der Waals surface area contributed by atoms with E-state index in [9.17, 15) is 9.59 Å². The summed E-state index contributed by atoms with van der Waals surface area (Å²) in [5.41, 5.74) is 3.44. The minimum absolute atomic E-state index is 0.0928. The van der Waals surface area contributed by atoms with Crippen molar-refractivity contribution in [3.63, 3.8) is 0 Å². The van der Waals surface area contributed by atoms with E-state index in [4.69, 9.17) is 0 Å². The van der Waals surface area contributed by atoms with Gasteiger partial charge in [0.2, 0.25) is 11.8 Å². The van der Waals surface area contributed by atoms with Gasteiger partial charge in [0.15, 0.2) is 0 Å². The standard InChI is InChI=1S/C23H21BrN2O2/c1-16-14-19(24)12-13-20(16)26-21(27)15-25-23(28)22(17-8-4-2-5-9-17)18-10-6-3-7-11-18/h2-14,22H,15H2,1H3,(H,25,28)(H,26,27). The Kier molecular flexibility index (Phi) is 6.61. The van der Waals surface area contributed by atoms with Crippen LogP contribution >= 0.6 is 15.9 Å². The molecule has 2 N–H and O–H groups in total. The van der Waals surface area contributed by atoms with Gasteiger partial charge in [0, 0.05) is 10.2 Å². The maximum Gasteiger partial charge on any atom is 0.243 e. The lowest BCUT2D eigenvalue weighted by Gasteiger charge is -2.18. The number of halogens is 1. The molecule has 142 valence electrons. The number of nitrogens with one attached hydrogen (secondary N) is 2. The van der Waals surface area contributed by atoms with Crippen molar-refractivity contribution in [1.29, 1.82) is 0 Å². The molecule has 0 radical (unpaired) electrons. The molecule has 0 atom stereocenters. The van der Waals surface area contributed by atoms with E-state index < -0.39 is 5.92 Å². The zero-order chi connectivity index (χ0) is 19.9. The van der Waals surface area contributed by atoms with Gasteiger partial charge in [-0.3, -0.25) is 9.59 Å². The molecule has 0 aliphatic carbocycles. The number of hydrogen-bond donors (Lipinski definition) is 2. The van der Waals surface area contributed by atoms with Crippen molar-refractivity contribution < 1.29 is 9.59 Å². The lowest BCUT2D eigenvalue weighted by Crippen LogP contribution is -2.36. The van der Waals surface area contributed by atoms with Gasteiger partial charge in [-0.05, 0) is 41.8 Å². The molecule has 5 heteroatoms. The first-order valence-electron chi connectivity index (χ1n) is 8.98. The van der Waals surface area contributed by atoms with E-state index in [1.165, 1.54) is 0 Å². The number of amides is 2. The van der Waals surface area contributed by atoms with E-state index in [2.05, 4.69) is 26.6 Å². The largest absolute Gasteiger partial charge is 0.346 e. The molecule has 0 aliphatic rings. The highest BCUT2D eigenvalue weighted by molar-refractivity contribution is 9.10. The maximum atomic E-state index is 12.9. The molecule has 0 heterocycles. The molecule has 3 aromatic carbocycles. The van der Waals surface area contributed by atoms with Crippen LogP contribution in [0.15, 0.2) is 83.3 Å². The van der Waals surface area contributed by atoms with Gasteiger partial charge in [-0.25, -0.2) is 0 Å². The highest BCUT2D eigenvalue weighted by atomic mass is 79.9. The number of carbonyl (C=O) groups excluding carboxylic acids is 2. The zero-order valence-corrected chi connectivity index (χ0v) is 17.1. The molecule has 28 heavy (non-hydrogen) atoms. The second kappa shape index (κ2) is 9.33. The third-order valence-electron chi connectivity index (χ3n) is 4.41. The number of benzene rings is 3. The first-order chi connectivity index (χ1) is 13.5. The summed E-state index contributed by atoms with van der Waals surface area (Å²) in [5, 5.41) is 5.61. The van der Waals surface area contributed by atoms with Crippen LogP contribution in [0.3, 0.4) is 0 Å². The SMILES string of the molecule is Cc1cc(Br)ccc1NC(=O)CNC(=O)C(c1ccccc1)c1ccccc1. The molecule has 0 saturated carbocycles. The first-order valence-corrected chi connectivity index (χ1v) is 9.77. The summed E-state index contributed by atoms with van der Waals surface area (Å²) in [7, 11) is 0. The third kappa shape index (κ3) is 5.08. The monoisotopic (exact) mass is 436 g/mol. The van der Waals surface area contributed by atoms with Crippen LogP contribution in [0.25, 0.3) is 0 Å². The van der Waals surface area contributed by atoms with E-state index in [1.807, 2.05) is 85.8 Å². The van der Waals surface area contributed by atoms with Crippen LogP contribution < -0.4 is 10.6 Å². The van der Waals surface area contributed by atoms with Crippen LogP contribution in [-0.2, 0) is 9.59 Å². The Morgan fingerprint density at radius 1 is 0.893 bits per heavy atom. The summed E-state index contributed by atoms with van der Waals surface area (Å²) in [6.45, 7) is 1.82. The van der Waals surface area contributed by atoms with E-state index in [0.717, 1.165) is 26.9 Å². The Morgan fingerprint density at radius 2 is 1.46 bits per heavy atom. The number of rotatable bonds is 6. The van der Waals surface area contributed by atoms with Crippen molar-refractivity contribution in [3.05, 3.63) is 100 Å². The average Bonchev–Trinajstić information content (AvgIpc) is 2.70. The van der Waals surface area contributed by atoms with Crippen molar-refractivity contribution in [2.45, 2.75) is 12.8 Å². The van der Waals surface area contributed by atoms with Gasteiger partial charge >= 0.3 is 0 Å². The second-order valence-corrected chi connectivity index (χ2v) is 7.40. The molecular weight excluding hydrogens is 416 g/mol.